The molecule has 30 heavy (non-hydrogen) atoms. The van der Waals surface area contributed by atoms with E-state index >= 15 is 0 Å². The Morgan fingerprint density at radius 2 is 1.73 bits per heavy atom. The van der Waals surface area contributed by atoms with Crippen molar-refractivity contribution in [2.75, 3.05) is 36.0 Å². The number of piperidine rings is 1. The van der Waals surface area contributed by atoms with Gasteiger partial charge in [-0.1, -0.05) is 18.2 Å². The predicted molar refractivity (Wildman–Crippen MR) is 116 cm³/mol. The lowest BCUT2D eigenvalue weighted by atomic mass is 9.72. The molecule has 0 unspecified atom stereocenters. The lowest BCUT2D eigenvalue weighted by Gasteiger charge is -2.56. The maximum Gasteiger partial charge on any atom is 0.270 e. The maximum absolute atomic E-state index is 13.3. The molecule has 3 heterocycles. The first-order valence-corrected chi connectivity index (χ1v) is 10.3. The Balaban J connectivity index is 1.46. The molecule has 5 rings (SSSR count). The monoisotopic (exact) mass is 402 g/mol. The van der Waals surface area contributed by atoms with Gasteiger partial charge in [-0.2, -0.15) is 5.26 Å². The number of hydrogen-bond donors (Lipinski definition) is 0. The molecule has 1 spiro atoms. The zero-order valence-electron chi connectivity index (χ0n) is 16.9. The lowest BCUT2D eigenvalue weighted by Crippen LogP contribution is -2.63. The van der Waals surface area contributed by atoms with Crippen molar-refractivity contribution in [2.45, 2.75) is 12.8 Å². The minimum Gasteiger partial charge on any atom is -0.371 e. The van der Waals surface area contributed by atoms with Crippen LogP contribution in [0, 0.1) is 22.6 Å². The van der Waals surface area contributed by atoms with E-state index in [1.807, 2.05) is 36.4 Å². The van der Waals surface area contributed by atoms with Crippen molar-refractivity contribution in [3.8, 4) is 6.07 Å². The van der Waals surface area contributed by atoms with E-state index in [-0.39, 0.29) is 22.4 Å². The fourth-order valence-electron chi connectivity index (χ4n) is 5.17. The predicted octanol–water partition coefficient (Wildman–Crippen LogP) is 3.66. The third-order valence-electron chi connectivity index (χ3n) is 6.61. The van der Waals surface area contributed by atoms with Crippen molar-refractivity contribution in [3.05, 3.63) is 70.3 Å². The summed E-state index contributed by atoms with van der Waals surface area (Å²) in [6, 6.07) is 16.6. The molecule has 2 fully saturated rings. The summed E-state index contributed by atoms with van der Waals surface area (Å²) in [6.07, 6.45) is 2.19. The smallest absolute Gasteiger partial charge is 0.270 e. The van der Waals surface area contributed by atoms with Crippen LogP contribution in [0.2, 0.25) is 0 Å². The second kappa shape index (κ2) is 6.88. The molecule has 0 N–H and O–H groups in total. The van der Waals surface area contributed by atoms with Gasteiger partial charge in [-0.25, -0.2) is 4.39 Å². The van der Waals surface area contributed by atoms with Gasteiger partial charge in [0.05, 0.1) is 11.2 Å². The molecule has 6 heteroatoms. The zero-order chi connectivity index (χ0) is 20.9. The number of halogens is 1. The summed E-state index contributed by atoms with van der Waals surface area (Å²) >= 11 is 0. The lowest BCUT2D eigenvalue weighted by molar-refractivity contribution is 0.174. The summed E-state index contributed by atoms with van der Waals surface area (Å²) in [5, 5.41) is 10.7. The minimum atomic E-state index is -0.247. The average Bonchev–Trinajstić information content (AvgIpc) is 2.75. The average molecular weight is 402 g/mol. The van der Waals surface area contributed by atoms with E-state index in [4.69, 9.17) is 0 Å². The number of aromatic nitrogens is 1. The Bertz CT molecular complexity index is 1220. The molecule has 0 aliphatic carbocycles. The highest BCUT2D eigenvalue weighted by molar-refractivity contribution is 5.95. The largest absolute Gasteiger partial charge is 0.371 e. The van der Waals surface area contributed by atoms with Gasteiger partial charge in [-0.15, -0.1) is 0 Å². The molecule has 1 aromatic heterocycles. The number of benzene rings is 2. The number of nitrogens with zero attached hydrogens (tertiary/aromatic N) is 4. The van der Waals surface area contributed by atoms with Crippen LogP contribution in [0.25, 0.3) is 10.9 Å². The van der Waals surface area contributed by atoms with Gasteiger partial charge in [0.2, 0.25) is 0 Å². The Hall–Kier alpha value is -3.33. The van der Waals surface area contributed by atoms with Crippen LogP contribution in [-0.4, -0.2) is 30.7 Å². The van der Waals surface area contributed by atoms with E-state index in [0.29, 0.717) is 0 Å². The van der Waals surface area contributed by atoms with Gasteiger partial charge in [0.15, 0.2) is 0 Å². The van der Waals surface area contributed by atoms with Crippen LogP contribution in [-0.2, 0) is 7.05 Å². The van der Waals surface area contributed by atoms with Crippen LogP contribution in [0.15, 0.2) is 53.3 Å². The maximum atomic E-state index is 13.3. The molecule has 5 nitrogen and oxygen atoms in total. The Morgan fingerprint density at radius 1 is 1.03 bits per heavy atom. The van der Waals surface area contributed by atoms with E-state index in [2.05, 4.69) is 15.9 Å². The normalized spacial score (nSPS) is 17.8. The molecule has 0 bridgehead atoms. The van der Waals surface area contributed by atoms with Crippen molar-refractivity contribution >= 4 is 22.3 Å². The van der Waals surface area contributed by atoms with Crippen LogP contribution in [0.4, 0.5) is 15.8 Å². The molecule has 152 valence electrons. The number of rotatable bonds is 2. The third-order valence-corrected chi connectivity index (χ3v) is 6.61. The first-order valence-electron chi connectivity index (χ1n) is 10.3. The van der Waals surface area contributed by atoms with Crippen LogP contribution >= 0.6 is 0 Å². The van der Waals surface area contributed by atoms with Crippen molar-refractivity contribution < 1.29 is 4.39 Å². The fraction of sp³-hybridized carbons (Fsp3) is 0.333. The van der Waals surface area contributed by atoms with Gasteiger partial charge in [0.25, 0.3) is 5.56 Å². The molecule has 2 aliphatic heterocycles. The van der Waals surface area contributed by atoms with Crippen LogP contribution < -0.4 is 15.4 Å². The van der Waals surface area contributed by atoms with Crippen molar-refractivity contribution in [1.82, 2.24) is 4.57 Å². The summed E-state index contributed by atoms with van der Waals surface area (Å²) in [4.78, 5) is 17.3. The molecular weight excluding hydrogens is 379 g/mol. The summed E-state index contributed by atoms with van der Waals surface area (Å²) in [7, 11) is 1.72. The topological polar surface area (TPSA) is 52.3 Å². The molecule has 2 aromatic carbocycles. The zero-order valence-corrected chi connectivity index (χ0v) is 16.9. The number of aryl methyl sites for hydroxylation is 1. The second-order valence-corrected chi connectivity index (χ2v) is 8.57. The van der Waals surface area contributed by atoms with E-state index in [0.717, 1.165) is 61.3 Å². The van der Waals surface area contributed by atoms with Crippen LogP contribution in [0.1, 0.15) is 18.4 Å². The van der Waals surface area contributed by atoms with Gasteiger partial charge in [0, 0.05) is 49.7 Å². The first-order chi connectivity index (χ1) is 14.5. The minimum absolute atomic E-state index is 0.127. The van der Waals surface area contributed by atoms with E-state index < -0.39 is 0 Å². The SMILES string of the molecule is Cn1c(=O)c(C#N)c(N2CC3(CCCN(c4ccc(F)cc4)C3)C2)c2ccccc21. The Morgan fingerprint density at radius 3 is 2.47 bits per heavy atom. The Kier molecular flexibility index (Phi) is 4.28. The van der Waals surface area contributed by atoms with E-state index in [1.165, 1.54) is 12.1 Å². The number of nitriles is 1. The molecule has 0 amide bonds. The third kappa shape index (κ3) is 2.85. The summed E-state index contributed by atoms with van der Waals surface area (Å²) in [5.41, 5.74) is 2.75. The van der Waals surface area contributed by atoms with E-state index in [9.17, 15) is 14.4 Å². The summed E-state index contributed by atoms with van der Waals surface area (Å²) in [5.74, 6) is -0.220. The van der Waals surface area contributed by atoms with Gasteiger partial charge < -0.3 is 14.4 Å². The molecule has 0 radical (unpaired) electrons. The van der Waals surface area contributed by atoms with Gasteiger partial charge in [0.1, 0.15) is 17.4 Å². The Labute approximate surface area is 174 Å². The second-order valence-electron chi connectivity index (χ2n) is 8.57. The van der Waals surface area contributed by atoms with Gasteiger partial charge >= 0.3 is 0 Å². The molecule has 2 saturated heterocycles. The number of hydrogen-bond acceptors (Lipinski definition) is 4. The number of pyridine rings is 1. The molecule has 3 aromatic rings. The van der Waals surface area contributed by atoms with E-state index in [1.54, 1.807) is 11.6 Å². The van der Waals surface area contributed by atoms with Crippen molar-refractivity contribution in [3.63, 3.8) is 0 Å². The van der Waals surface area contributed by atoms with Crippen LogP contribution in [0.5, 0.6) is 0 Å². The fourth-order valence-corrected chi connectivity index (χ4v) is 5.17. The highest BCUT2D eigenvalue weighted by Gasteiger charge is 2.47. The van der Waals surface area contributed by atoms with Gasteiger partial charge in [-0.05, 0) is 43.2 Å². The summed E-state index contributed by atoms with van der Waals surface area (Å²) in [6.45, 7) is 3.50. The van der Waals surface area contributed by atoms with Crippen molar-refractivity contribution in [2.24, 2.45) is 12.5 Å². The molecule has 2 aliphatic rings. The molecule has 0 atom stereocenters. The number of fused-ring (bicyclic) bond motifs is 1. The van der Waals surface area contributed by atoms with Crippen molar-refractivity contribution in [1.29, 1.82) is 5.26 Å². The quantitative estimate of drug-likeness (QED) is 0.657. The first kappa shape index (κ1) is 18.7. The summed E-state index contributed by atoms with van der Waals surface area (Å²) < 4.78 is 14.9. The highest BCUT2D eigenvalue weighted by atomic mass is 19.1. The molecular formula is C24H23FN4O. The number of anilines is 2. The number of para-hydroxylation sites is 1. The van der Waals surface area contributed by atoms with Gasteiger partial charge in [-0.3, -0.25) is 4.79 Å². The highest BCUT2D eigenvalue weighted by Crippen LogP contribution is 2.44. The van der Waals surface area contributed by atoms with Crippen LogP contribution in [0.3, 0.4) is 0 Å². The molecule has 0 saturated carbocycles. The standard InChI is InChI=1S/C24H23FN4O/c1-27-21-6-3-2-5-19(21)22(20(13-26)23(27)30)29-15-24(16-29)11-4-12-28(14-24)18-9-7-17(25)8-10-18/h2-3,5-10H,4,11-12,14-16H2,1H3.